The van der Waals surface area contributed by atoms with E-state index in [4.69, 9.17) is 4.74 Å². The van der Waals surface area contributed by atoms with Crippen LogP contribution in [0.3, 0.4) is 0 Å². The molecule has 4 heteroatoms. The zero-order chi connectivity index (χ0) is 12.4. The quantitative estimate of drug-likeness (QED) is 0.822. The van der Waals surface area contributed by atoms with Crippen LogP contribution in [0, 0.1) is 0 Å². The summed E-state index contributed by atoms with van der Waals surface area (Å²) >= 11 is 0. The van der Waals surface area contributed by atoms with Crippen LogP contribution in [-0.4, -0.2) is 22.2 Å². The van der Waals surface area contributed by atoms with Gasteiger partial charge in [-0.1, -0.05) is 18.2 Å². The highest BCUT2D eigenvalue weighted by molar-refractivity contribution is 5.88. The molecule has 0 radical (unpaired) electrons. The largest absolute Gasteiger partial charge is 0.464 e. The number of para-hydroxylation sites is 1. The molecule has 0 aliphatic carbocycles. The smallest absolute Gasteiger partial charge is 0.339 e. The van der Waals surface area contributed by atoms with Crippen LogP contribution in [-0.2, 0) is 16.6 Å². The maximum absolute atomic E-state index is 11.5. The summed E-state index contributed by atoms with van der Waals surface area (Å²) in [6, 6.07) is 7.44. The Morgan fingerprint density at radius 1 is 1.47 bits per heavy atom. The predicted molar refractivity (Wildman–Crippen MR) is 64.5 cm³/mol. The Bertz CT molecular complexity index is 545. The monoisotopic (exact) mass is 233 g/mol. The Balaban J connectivity index is 2.47. The molecule has 2 aromatic rings. The highest BCUT2D eigenvalue weighted by Gasteiger charge is 2.21. The molecule has 1 aromatic carbocycles. The van der Waals surface area contributed by atoms with E-state index in [0.717, 1.165) is 10.9 Å². The number of benzene rings is 1. The third kappa shape index (κ3) is 2.03. The number of hydrogen-bond donors (Lipinski definition) is 1. The van der Waals surface area contributed by atoms with Crippen molar-refractivity contribution in [2.75, 3.05) is 6.61 Å². The van der Waals surface area contributed by atoms with Gasteiger partial charge in [0.05, 0.1) is 12.1 Å². The van der Waals surface area contributed by atoms with Crippen molar-refractivity contribution in [1.29, 1.82) is 0 Å². The number of carbonyl (C=O) groups is 1. The molecule has 1 unspecified atom stereocenters. The van der Waals surface area contributed by atoms with Crippen LogP contribution in [0.15, 0.2) is 30.5 Å². The Kier molecular flexibility index (Phi) is 3.15. The molecule has 0 bridgehead atoms. The second-order valence-corrected chi connectivity index (χ2v) is 3.87. The molecular formula is C13H15NO3. The molecule has 90 valence electrons. The Labute approximate surface area is 99.4 Å². The van der Waals surface area contributed by atoms with E-state index in [-0.39, 0.29) is 6.61 Å². The second kappa shape index (κ2) is 4.59. The van der Waals surface area contributed by atoms with Crippen molar-refractivity contribution in [2.24, 2.45) is 7.05 Å². The maximum atomic E-state index is 11.5. The van der Waals surface area contributed by atoms with E-state index in [1.165, 1.54) is 0 Å². The van der Waals surface area contributed by atoms with Crippen molar-refractivity contribution in [3.8, 4) is 0 Å². The molecule has 2 rings (SSSR count). The zero-order valence-corrected chi connectivity index (χ0v) is 9.88. The van der Waals surface area contributed by atoms with Crippen LogP contribution in [0.1, 0.15) is 18.6 Å². The molecule has 0 amide bonds. The van der Waals surface area contributed by atoms with E-state index < -0.39 is 12.1 Å². The fourth-order valence-electron chi connectivity index (χ4n) is 1.96. The number of hydrogen-bond acceptors (Lipinski definition) is 3. The SMILES string of the molecule is CCOC(=O)C(O)c1cccc2ccn(C)c12. The van der Waals surface area contributed by atoms with Gasteiger partial charge in [-0.15, -0.1) is 0 Å². The molecule has 1 N–H and O–H groups in total. The summed E-state index contributed by atoms with van der Waals surface area (Å²) in [6.45, 7) is 1.98. The molecule has 0 aliphatic heterocycles. The van der Waals surface area contributed by atoms with E-state index in [0.29, 0.717) is 5.56 Å². The minimum atomic E-state index is -1.23. The van der Waals surface area contributed by atoms with Gasteiger partial charge in [0.2, 0.25) is 0 Å². The lowest BCUT2D eigenvalue weighted by Crippen LogP contribution is -2.16. The molecule has 0 saturated heterocycles. The maximum Gasteiger partial charge on any atom is 0.339 e. The highest BCUT2D eigenvalue weighted by atomic mass is 16.5. The number of ether oxygens (including phenoxy) is 1. The standard InChI is InChI=1S/C13H15NO3/c1-3-17-13(16)12(15)10-6-4-5-9-7-8-14(2)11(9)10/h4-8,12,15H,3H2,1-2H3. The molecule has 1 atom stereocenters. The van der Waals surface area contributed by atoms with Gasteiger partial charge in [0.1, 0.15) is 0 Å². The van der Waals surface area contributed by atoms with Gasteiger partial charge in [0.25, 0.3) is 0 Å². The van der Waals surface area contributed by atoms with Gasteiger partial charge in [-0.25, -0.2) is 4.79 Å². The summed E-state index contributed by atoms with van der Waals surface area (Å²) in [4.78, 5) is 11.5. The fourth-order valence-corrected chi connectivity index (χ4v) is 1.96. The molecule has 1 heterocycles. The van der Waals surface area contributed by atoms with Crippen molar-refractivity contribution in [2.45, 2.75) is 13.0 Å². The number of fused-ring (bicyclic) bond motifs is 1. The van der Waals surface area contributed by atoms with Crippen molar-refractivity contribution in [3.63, 3.8) is 0 Å². The number of carbonyl (C=O) groups excluding carboxylic acids is 1. The van der Waals surface area contributed by atoms with Gasteiger partial charge in [-0.3, -0.25) is 0 Å². The molecule has 1 aromatic heterocycles. The minimum Gasteiger partial charge on any atom is -0.464 e. The van der Waals surface area contributed by atoms with Gasteiger partial charge in [0.15, 0.2) is 6.10 Å². The van der Waals surface area contributed by atoms with E-state index in [1.807, 2.05) is 36.0 Å². The van der Waals surface area contributed by atoms with Crippen molar-refractivity contribution >= 4 is 16.9 Å². The predicted octanol–water partition coefficient (Wildman–Crippen LogP) is 1.77. The number of aryl methyl sites for hydroxylation is 1. The first-order valence-electron chi connectivity index (χ1n) is 5.53. The lowest BCUT2D eigenvalue weighted by Gasteiger charge is -2.12. The first kappa shape index (κ1) is 11.7. The van der Waals surface area contributed by atoms with Gasteiger partial charge >= 0.3 is 5.97 Å². The third-order valence-corrected chi connectivity index (χ3v) is 2.73. The average Bonchev–Trinajstić information content (AvgIpc) is 2.71. The summed E-state index contributed by atoms with van der Waals surface area (Å²) in [5.41, 5.74) is 1.43. The van der Waals surface area contributed by atoms with E-state index in [9.17, 15) is 9.90 Å². The molecular weight excluding hydrogens is 218 g/mol. The Morgan fingerprint density at radius 2 is 2.24 bits per heavy atom. The van der Waals surface area contributed by atoms with Crippen LogP contribution in [0.4, 0.5) is 0 Å². The molecule has 0 aliphatic rings. The Morgan fingerprint density at radius 3 is 2.94 bits per heavy atom. The molecule has 0 fully saturated rings. The first-order valence-corrected chi connectivity index (χ1v) is 5.53. The van der Waals surface area contributed by atoms with Crippen molar-refractivity contribution < 1.29 is 14.6 Å². The number of nitrogens with zero attached hydrogens (tertiary/aromatic N) is 1. The van der Waals surface area contributed by atoms with Crippen molar-refractivity contribution in [1.82, 2.24) is 4.57 Å². The van der Waals surface area contributed by atoms with E-state index >= 15 is 0 Å². The molecule has 17 heavy (non-hydrogen) atoms. The summed E-state index contributed by atoms with van der Waals surface area (Å²) in [7, 11) is 1.88. The zero-order valence-electron chi connectivity index (χ0n) is 9.88. The Hall–Kier alpha value is -1.81. The molecule has 0 saturated carbocycles. The number of esters is 1. The molecule has 4 nitrogen and oxygen atoms in total. The number of rotatable bonds is 3. The van der Waals surface area contributed by atoms with Crippen LogP contribution in [0.5, 0.6) is 0 Å². The molecule has 0 spiro atoms. The number of aromatic nitrogens is 1. The first-order chi connectivity index (χ1) is 8.15. The summed E-state index contributed by atoms with van der Waals surface area (Å²) in [6.07, 6.45) is 0.665. The van der Waals surface area contributed by atoms with Crippen LogP contribution in [0.25, 0.3) is 10.9 Å². The highest BCUT2D eigenvalue weighted by Crippen LogP contribution is 2.25. The lowest BCUT2D eigenvalue weighted by molar-refractivity contribution is -0.153. The van der Waals surface area contributed by atoms with Gasteiger partial charge in [-0.05, 0) is 18.4 Å². The van der Waals surface area contributed by atoms with E-state index in [1.54, 1.807) is 13.0 Å². The van der Waals surface area contributed by atoms with Crippen molar-refractivity contribution in [3.05, 3.63) is 36.0 Å². The minimum absolute atomic E-state index is 0.263. The number of aliphatic hydroxyl groups is 1. The summed E-state index contributed by atoms with van der Waals surface area (Å²) in [5.74, 6) is -0.610. The van der Waals surface area contributed by atoms with E-state index in [2.05, 4.69) is 0 Å². The van der Waals surface area contributed by atoms with Crippen LogP contribution < -0.4 is 0 Å². The topological polar surface area (TPSA) is 51.5 Å². The van der Waals surface area contributed by atoms with Gasteiger partial charge in [-0.2, -0.15) is 0 Å². The summed E-state index contributed by atoms with van der Waals surface area (Å²) in [5, 5.41) is 11.0. The van der Waals surface area contributed by atoms with Crippen LogP contribution in [0.2, 0.25) is 0 Å². The van der Waals surface area contributed by atoms with Gasteiger partial charge < -0.3 is 14.4 Å². The number of aliphatic hydroxyl groups excluding tert-OH is 1. The summed E-state index contributed by atoms with van der Waals surface area (Å²) < 4.78 is 6.71. The van der Waals surface area contributed by atoms with Gasteiger partial charge in [0, 0.05) is 18.8 Å². The normalized spacial score (nSPS) is 12.6. The third-order valence-electron chi connectivity index (χ3n) is 2.73. The van der Waals surface area contributed by atoms with Crippen LogP contribution >= 0.6 is 0 Å². The fraction of sp³-hybridized carbons (Fsp3) is 0.308. The second-order valence-electron chi connectivity index (χ2n) is 3.87. The lowest BCUT2D eigenvalue weighted by atomic mass is 10.1. The average molecular weight is 233 g/mol.